The number of hydrogen-bond donors (Lipinski definition) is 2. The lowest BCUT2D eigenvalue weighted by atomic mass is 9.83. The van der Waals surface area contributed by atoms with Crippen molar-refractivity contribution in [1.29, 1.82) is 0 Å². The molecule has 1 aliphatic heterocycles. The van der Waals surface area contributed by atoms with E-state index in [1.54, 1.807) is 7.11 Å². The predicted molar refractivity (Wildman–Crippen MR) is 152 cm³/mol. The SMILES string of the molecule is COCCC(=O)Nc1ccc([N+]2(Cc3ccccc3)N=C(C3CCCCC3)c3ccccc3NC2=O)cc1. The van der Waals surface area contributed by atoms with Gasteiger partial charge in [0.15, 0.2) is 5.69 Å². The van der Waals surface area contributed by atoms with Crippen LogP contribution in [0, 0.1) is 5.92 Å². The van der Waals surface area contributed by atoms with Crippen molar-refractivity contribution in [3.63, 3.8) is 0 Å². The molecule has 0 spiro atoms. The Labute approximate surface area is 224 Å². The summed E-state index contributed by atoms with van der Waals surface area (Å²) in [5.41, 5.74) is 5.22. The van der Waals surface area contributed by atoms with Gasteiger partial charge in [-0.1, -0.05) is 77.5 Å². The quantitative estimate of drug-likeness (QED) is 0.330. The van der Waals surface area contributed by atoms with Crippen LogP contribution in [0.15, 0.2) is 84.0 Å². The van der Waals surface area contributed by atoms with E-state index in [4.69, 9.17) is 9.84 Å². The van der Waals surface area contributed by atoms with E-state index in [1.807, 2.05) is 72.8 Å². The summed E-state index contributed by atoms with van der Waals surface area (Å²) < 4.78 is 4.77. The number of urea groups is 1. The topological polar surface area (TPSA) is 79.8 Å². The highest BCUT2D eigenvalue weighted by Gasteiger charge is 2.45. The fourth-order valence-corrected chi connectivity index (χ4v) is 5.41. The second-order valence-corrected chi connectivity index (χ2v) is 10.0. The molecule has 1 unspecified atom stereocenters. The monoisotopic (exact) mass is 511 g/mol. The standard InChI is InChI=1S/C31H34N4O3/c1-38-21-20-29(36)32-25-16-18-26(19-17-25)35(22-23-10-4-2-5-11-23)31(37)33-28-15-9-8-14-27(28)30(34-35)24-12-6-3-7-13-24/h2,4-5,8-11,14-19,24H,3,6-7,12-13,20-22H2,1H3,(H-,32,33,34,36,37)/p+1. The lowest BCUT2D eigenvalue weighted by Gasteiger charge is -2.30. The molecule has 2 aliphatic rings. The molecule has 3 aromatic rings. The molecule has 0 bridgehead atoms. The Hall–Kier alpha value is -3.81. The maximum absolute atomic E-state index is 14.2. The van der Waals surface area contributed by atoms with E-state index in [0.717, 1.165) is 41.1 Å². The maximum atomic E-state index is 14.2. The number of anilines is 2. The van der Waals surface area contributed by atoms with Crippen LogP contribution >= 0.6 is 0 Å². The molecule has 38 heavy (non-hydrogen) atoms. The lowest BCUT2D eigenvalue weighted by Crippen LogP contribution is -2.51. The van der Waals surface area contributed by atoms with Crippen molar-refractivity contribution in [2.75, 3.05) is 24.4 Å². The molecule has 1 atom stereocenters. The Morgan fingerprint density at radius 2 is 1.68 bits per heavy atom. The van der Waals surface area contributed by atoms with E-state index in [-0.39, 0.29) is 23.0 Å². The molecular weight excluding hydrogens is 476 g/mol. The predicted octanol–water partition coefficient (Wildman–Crippen LogP) is 6.70. The summed E-state index contributed by atoms with van der Waals surface area (Å²) in [5.74, 6) is 0.179. The number of nitrogens with one attached hydrogen (secondary N) is 2. The molecule has 7 nitrogen and oxygen atoms in total. The summed E-state index contributed by atoms with van der Waals surface area (Å²) in [7, 11) is 1.57. The molecule has 196 valence electrons. The van der Waals surface area contributed by atoms with Crippen LogP contribution in [0.1, 0.15) is 49.7 Å². The van der Waals surface area contributed by atoms with Crippen LogP contribution in [-0.4, -0.2) is 31.4 Å². The molecule has 0 aromatic heterocycles. The Morgan fingerprint density at radius 3 is 2.42 bits per heavy atom. The van der Waals surface area contributed by atoms with Gasteiger partial charge in [0.05, 0.1) is 18.7 Å². The molecule has 7 heteroatoms. The van der Waals surface area contributed by atoms with Crippen LogP contribution in [0.4, 0.5) is 21.9 Å². The minimum Gasteiger partial charge on any atom is -0.384 e. The number of para-hydroxylation sites is 1. The first-order valence-electron chi connectivity index (χ1n) is 13.4. The zero-order valence-corrected chi connectivity index (χ0v) is 21.9. The van der Waals surface area contributed by atoms with E-state index >= 15 is 0 Å². The smallest absolute Gasteiger partial charge is 0.384 e. The van der Waals surface area contributed by atoms with Gasteiger partial charge < -0.3 is 10.1 Å². The second-order valence-electron chi connectivity index (χ2n) is 10.0. The van der Waals surface area contributed by atoms with Crippen LogP contribution in [0.5, 0.6) is 0 Å². The maximum Gasteiger partial charge on any atom is 0.453 e. The van der Waals surface area contributed by atoms with Crippen LogP contribution in [-0.2, 0) is 16.1 Å². The third-order valence-corrected chi connectivity index (χ3v) is 7.42. The van der Waals surface area contributed by atoms with Gasteiger partial charge in [0.1, 0.15) is 12.3 Å². The summed E-state index contributed by atoms with van der Waals surface area (Å²) >= 11 is 0. The molecular formula is C31H35N4O3+. The van der Waals surface area contributed by atoms with Gasteiger partial charge in [-0.05, 0) is 31.0 Å². The van der Waals surface area contributed by atoms with Gasteiger partial charge in [0.25, 0.3) is 0 Å². The van der Waals surface area contributed by atoms with E-state index in [0.29, 0.717) is 24.8 Å². The number of quaternary nitrogens is 1. The average Bonchev–Trinajstić information content (AvgIpc) is 3.08. The molecule has 0 radical (unpaired) electrons. The van der Waals surface area contributed by atoms with E-state index in [9.17, 15) is 9.59 Å². The number of fused-ring (bicyclic) bond motifs is 1. The summed E-state index contributed by atoms with van der Waals surface area (Å²) in [6.45, 7) is 0.733. The van der Waals surface area contributed by atoms with Crippen molar-refractivity contribution in [2.45, 2.75) is 45.1 Å². The van der Waals surface area contributed by atoms with Crippen LogP contribution in [0.25, 0.3) is 0 Å². The molecule has 3 aromatic carbocycles. The Kier molecular flexibility index (Phi) is 7.96. The minimum atomic E-state index is -0.234. The van der Waals surface area contributed by atoms with Gasteiger partial charge >= 0.3 is 6.03 Å². The van der Waals surface area contributed by atoms with Crippen LogP contribution < -0.4 is 15.2 Å². The summed E-state index contributed by atoms with van der Waals surface area (Å²) in [4.78, 5) is 26.4. The van der Waals surface area contributed by atoms with E-state index in [2.05, 4.69) is 16.7 Å². The van der Waals surface area contributed by atoms with Gasteiger partial charge in [0, 0.05) is 42.0 Å². The third-order valence-electron chi connectivity index (χ3n) is 7.42. The number of methoxy groups -OCH3 is 1. The first-order valence-corrected chi connectivity index (χ1v) is 13.4. The minimum absolute atomic E-state index is 0.117. The van der Waals surface area contributed by atoms with Gasteiger partial charge in [0.2, 0.25) is 5.91 Å². The van der Waals surface area contributed by atoms with E-state index in [1.165, 1.54) is 19.3 Å². The number of carbonyl (C=O) groups excluding carboxylic acids is 2. The van der Waals surface area contributed by atoms with E-state index < -0.39 is 0 Å². The normalized spacial score (nSPS) is 19.6. The molecule has 1 heterocycles. The first kappa shape index (κ1) is 25.8. The Balaban J connectivity index is 1.61. The highest BCUT2D eigenvalue weighted by molar-refractivity contribution is 6.13. The molecule has 1 fully saturated rings. The fourth-order valence-electron chi connectivity index (χ4n) is 5.41. The van der Waals surface area contributed by atoms with Crippen molar-refractivity contribution in [1.82, 2.24) is 4.59 Å². The molecule has 3 amide bonds. The number of ether oxygens (including phenoxy) is 1. The number of nitrogens with zero attached hydrogens (tertiary/aromatic N) is 2. The summed E-state index contributed by atoms with van der Waals surface area (Å²) in [6.07, 6.45) is 6.00. The zero-order chi connectivity index (χ0) is 26.4. The molecule has 1 aliphatic carbocycles. The van der Waals surface area contributed by atoms with Crippen molar-refractivity contribution >= 4 is 34.7 Å². The number of carbonyl (C=O) groups is 2. The average molecular weight is 512 g/mol. The summed E-state index contributed by atoms with van der Waals surface area (Å²) in [6, 6.07) is 25.3. The number of benzene rings is 3. The number of rotatable bonds is 8. The Bertz CT molecular complexity index is 1300. The zero-order valence-electron chi connectivity index (χ0n) is 21.9. The fraction of sp³-hybridized carbons (Fsp3) is 0.323. The highest BCUT2D eigenvalue weighted by atomic mass is 16.5. The summed E-state index contributed by atoms with van der Waals surface area (Å²) in [5, 5.41) is 11.5. The number of hydrogen-bond acceptors (Lipinski definition) is 4. The highest BCUT2D eigenvalue weighted by Crippen LogP contribution is 2.37. The van der Waals surface area contributed by atoms with Gasteiger partial charge in [-0.25, -0.2) is 4.79 Å². The van der Waals surface area contributed by atoms with Crippen molar-refractivity contribution in [3.8, 4) is 0 Å². The molecule has 0 saturated heterocycles. The Morgan fingerprint density at radius 1 is 0.974 bits per heavy atom. The number of amides is 3. The largest absolute Gasteiger partial charge is 0.453 e. The van der Waals surface area contributed by atoms with Crippen molar-refractivity contribution in [3.05, 3.63) is 90.0 Å². The van der Waals surface area contributed by atoms with Gasteiger partial charge in [-0.3, -0.25) is 10.1 Å². The molecule has 5 rings (SSSR count). The molecule has 1 saturated carbocycles. The van der Waals surface area contributed by atoms with Crippen LogP contribution in [0.3, 0.4) is 0 Å². The lowest BCUT2D eigenvalue weighted by molar-refractivity contribution is -0.117. The van der Waals surface area contributed by atoms with Crippen molar-refractivity contribution < 1.29 is 14.3 Å². The van der Waals surface area contributed by atoms with Crippen LogP contribution in [0.2, 0.25) is 0 Å². The first-order chi connectivity index (χ1) is 18.6. The van der Waals surface area contributed by atoms with Crippen molar-refractivity contribution in [2.24, 2.45) is 11.0 Å². The third kappa shape index (κ3) is 5.54. The van der Waals surface area contributed by atoms with Gasteiger partial charge in [-0.15, -0.1) is 0 Å². The van der Waals surface area contributed by atoms with Gasteiger partial charge in [-0.2, -0.15) is 0 Å². The molecule has 2 N–H and O–H groups in total. The second kappa shape index (κ2) is 11.7.